The Hall–Kier alpha value is -2.57. The first-order valence-electron chi connectivity index (χ1n) is 11.3. The first-order chi connectivity index (χ1) is 15.0. The van der Waals surface area contributed by atoms with Crippen molar-refractivity contribution in [3.63, 3.8) is 0 Å². The fourth-order valence-corrected chi connectivity index (χ4v) is 3.70. The van der Waals surface area contributed by atoms with Crippen LogP contribution in [0.3, 0.4) is 0 Å². The van der Waals surface area contributed by atoms with Gasteiger partial charge in [-0.05, 0) is 62.8 Å². The van der Waals surface area contributed by atoms with Crippen molar-refractivity contribution in [1.29, 1.82) is 0 Å². The van der Waals surface area contributed by atoms with E-state index in [1.807, 2.05) is 0 Å². The molecule has 7 heteroatoms. The SMILES string of the molecule is CC(=O)OCCCCCCCCOc1ccc(OC(=O)C2CCC(C(=O)O)CC2)cc1. The van der Waals surface area contributed by atoms with Crippen LogP contribution in [0, 0.1) is 11.8 Å². The highest BCUT2D eigenvalue weighted by molar-refractivity contribution is 5.76. The zero-order valence-corrected chi connectivity index (χ0v) is 18.3. The number of carbonyl (C=O) groups excluding carboxylic acids is 2. The lowest BCUT2D eigenvalue weighted by molar-refractivity contribution is -0.146. The molecule has 0 saturated heterocycles. The molecule has 0 bridgehead atoms. The molecule has 31 heavy (non-hydrogen) atoms. The third-order valence-electron chi connectivity index (χ3n) is 5.56. The van der Waals surface area contributed by atoms with E-state index in [1.165, 1.54) is 6.92 Å². The van der Waals surface area contributed by atoms with Crippen molar-refractivity contribution in [2.45, 2.75) is 71.1 Å². The van der Waals surface area contributed by atoms with Gasteiger partial charge in [-0.1, -0.05) is 25.7 Å². The molecular weight excluding hydrogens is 400 g/mol. The Kier molecular flexibility index (Phi) is 10.9. The maximum atomic E-state index is 12.3. The van der Waals surface area contributed by atoms with Gasteiger partial charge < -0.3 is 19.3 Å². The molecule has 1 aromatic carbocycles. The number of unbranched alkanes of at least 4 members (excludes halogenated alkanes) is 5. The average molecular weight is 435 g/mol. The van der Waals surface area contributed by atoms with E-state index >= 15 is 0 Å². The van der Waals surface area contributed by atoms with Gasteiger partial charge in [0, 0.05) is 6.92 Å². The second kappa shape index (κ2) is 13.7. The fraction of sp³-hybridized carbons (Fsp3) is 0.625. The summed E-state index contributed by atoms with van der Waals surface area (Å²) >= 11 is 0. The minimum atomic E-state index is -0.779. The Labute approximate surface area is 184 Å². The summed E-state index contributed by atoms with van der Waals surface area (Å²) in [5.74, 6) is -0.636. The Morgan fingerprint density at radius 2 is 1.32 bits per heavy atom. The van der Waals surface area contributed by atoms with E-state index < -0.39 is 5.97 Å². The summed E-state index contributed by atoms with van der Waals surface area (Å²) in [7, 11) is 0. The van der Waals surface area contributed by atoms with E-state index in [0.29, 0.717) is 44.6 Å². The molecule has 0 amide bonds. The molecule has 0 aliphatic heterocycles. The zero-order chi connectivity index (χ0) is 22.5. The van der Waals surface area contributed by atoms with E-state index in [9.17, 15) is 14.4 Å². The quantitative estimate of drug-likeness (QED) is 0.271. The van der Waals surface area contributed by atoms with Gasteiger partial charge in [-0.15, -0.1) is 0 Å². The van der Waals surface area contributed by atoms with Crippen molar-refractivity contribution in [2.75, 3.05) is 13.2 Å². The second-order valence-electron chi connectivity index (χ2n) is 8.09. The third-order valence-corrected chi connectivity index (χ3v) is 5.56. The fourth-order valence-electron chi connectivity index (χ4n) is 3.70. The Morgan fingerprint density at radius 1 is 0.806 bits per heavy atom. The smallest absolute Gasteiger partial charge is 0.314 e. The largest absolute Gasteiger partial charge is 0.494 e. The number of carboxylic acids is 1. The number of aliphatic carboxylic acids is 1. The van der Waals surface area contributed by atoms with Crippen LogP contribution in [0.25, 0.3) is 0 Å². The van der Waals surface area contributed by atoms with Gasteiger partial charge in [0.15, 0.2) is 0 Å². The average Bonchev–Trinajstić information content (AvgIpc) is 2.76. The molecule has 0 aromatic heterocycles. The van der Waals surface area contributed by atoms with Crippen LogP contribution < -0.4 is 9.47 Å². The summed E-state index contributed by atoms with van der Waals surface area (Å²) in [4.78, 5) is 34.0. The van der Waals surface area contributed by atoms with Crippen LogP contribution in [0.2, 0.25) is 0 Å². The summed E-state index contributed by atoms with van der Waals surface area (Å²) in [6.07, 6.45) is 8.46. The number of carbonyl (C=O) groups is 3. The lowest BCUT2D eigenvalue weighted by Gasteiger charge is -2.24. The van der Waals surface area contributed by atoms with Crippen molar-refractivity contribution in [1.82, 2.24) is 0 Å². The van der Waals surface area contributed by atoms with Crippen LogP contribution in [0.1, 0.15) is 71.1 Å². The summed E-state index contributed by atoms with van der Waals surface area (Å²) in [5, 5.41) is 9.04. The molecule has 1 aliphatic rings. The monoisotopic (exact) mass is 434 g/mol. The molecule has 1 aromatic rings. The van der Waals surface area contributed by atoms with Gasteiger partial charge in [-0.2, -0.15) is 0 Å². The first-order valence-corrected chi connectivity index (χ1v) is 11.3. The first kappa shape index (κ1) is 24.7. The molecule has 1 aliphatic carbocycles. The number of rotatable bonds is 13. The van der Waals surface area contributed by atoms with Gasteiger partial charge in [-0.3, -0.25) is 14.4 Å². The Bertz CT molecular complexity index is 690. The van der Waals surface area contributed by atoms with E-state index in [4.69, 9.17) is 19.3 Å². The predicted molar refractivity (Wildman–Crippen MR) is 115 cm³/mol. The van der Waals surface area contributed by atoms with Gasteiger partial charge in [0.2, 0.25) is 0 Å². The molecule has 0 spiro atoms. The molecule has 0 heterocycles. The van der Waals surface area contributed by atoms with Gasteiger partial charge in [0.05, 0.1) is 25.0 Å². The lowest BCUT2D eigenvalue weighted by atomic mass is 9.82. The molecule has 172 valence electrons. The maximum absolute atomic E-state index is 12.3. The molecule has 0 unspecified atom stereocenters. The standard InChI is InChI=1S/C24H34O7/c1-18(25)29-16-6-4-2-3-5-7-17-30-21-12-14-22(15-13-21)31-24(28)20-10-8-19(9-11-20)23(26)27/h12-15,19-20H,2-11,16-17H2,1H3,(H,26,27). The predicted octanol–water partition coefficient (Wildman–Crippen LogP) is 4.77. The van der Waals surface area contributed by atoms with Gasteiger partial charge in [-0.25, -0.2) is 0 Å². The normalized spacial score (nSPS) is 18.2. The number of hydrogen-bond acceptors (Lipinski definition) is 6. The maximum Gasteiger partial charge on any atom is 0.314 e. The molecule has 0 radical (unpaired) electrons. The number of esters is 2. The highest BCUT2D eigenvalue weighted by atomic mass is 16.5. The summed E-state index contributed by atoms with van der Waals surface area (Å²) in [5.41, 5.74) is 0. The van der Waals surface area contributed by atoms with E-state index in [1.54, 1.807) is 24.3 Å². The Balaban J connectivity index is 1.55. The van der Waals surface area contributed by atoms with Gasteiger partial charge >= 0.3 is 17.9 Å². The van der Waals surface area contributed by atoms with Crippen LogP contribution in [0.15, 0.2) is 24.3 Å². The summed E-state index contributed by atoms with van der Waals surface area (Å²) in [6, 6.07) is 7.02. The number of ether oxygens (including phenoxy) is 3. The van der Waals surface area contributed by atoms with Crippen LogP contribution in [0.5, 0.6) is 11.5 Å². The molecule has 1 N–H and O–H groups in total. The van der Waals surface area contributed by atoms with Gasteiger partial charge in [0.1, 0.15) is 11.5 Å². The van der Waals surface area contributed by atoms with Crippen molar-refractivity contribution < 1.29 is 33.7 Å². The molecule has 1 saturated carbocycles. The van der Waals surface area contributed by atoms with Crippen LogP contribution in [0.4, 0.5) is 0 Å². The number of carboxylic acid groups (broad SMARTS) is 1. The molecule has 1 fully saturated rings. The minimum absolute atomic E-state index is 0.219. The molecule has 2 rings (SSSR count). The lowest BCUT2D eigenvalue weighted by Crippen LogP contribution is -2.28. The highest BCUT2D eigenvalue weighted by Crippen LogP contribution is 2.30. The Morgan fingerprint density at radius 3 is 1.90 bits per heavy atom. The summed E-state index contributed by atoms with van der Waals surface area (Å²) in [6.45, 7) is 2.58. The van der Waals surface area contributed by atoms with E-state index in [-0.39, 0.29) is 23.8 Å². The van der Waals surface area contributed by atoms with Crippen molar-refractivity contribution in [3.05, 3.63) is 24.3 Å². The zero-order valence-electron chi connectivity index (χ0n) is 18.3. The second-order valence-corrected chi connectivity index (χ2v) is 8.09. The van der Waals surface area contributed by atoms with Gasteiger partial charge in [0.25, 0.3) is 0 Å². The van der Waals surface area contributed by atoms with Crippen LogP contribution >= 0.6 is 0 Å². The van der Waals surface area contributed by atoms with E-state index in [2.05, 4.69) is 0 Å². The van der Waals surface area contributed by atoms with E-state index in [0.717, 1.165) is 44.3 Å². The van der Waals surface area contributed by atoms with Crippen molar-refractivity contribution in [2.24, 2.45) is 11.8 Å². The molecular formula is C24H34O7. The third kappa shape index (κ3) is 9.85. The topological polar surface area (TPSA) is 99.1 Å². The summed E-state index contributed by atoms with van der Waals surface area (Å²) < 4.78 is 16.1. The van der Waals surface area contributed by atoms with Crippen LogP contribution in [-0.2, 0) is 19.1 Å². The van der Waals surface area contributed by atoms with Crippen molar-refractivity contribution in [3.8, 4) is 11.5 Å². The minimum Gasteiger partial charge on any atom is -0.494 e. The number of hydrogen-bond donors (Lipinski definition) is 1. The highest BCUT2D eigenvalue weighted by Gasteiger charge is 2.30. The van der Waals surface area contributed by atoms with Crippen LogP contribution in [-0.4, -0.2) is 36.2 Å². The molecule has 7 nitrogen and oxygen atoms in total. The van der Waals surface area contributed by atoms with Crippen molar-refractivity contribution >= 4 is 17.9 Å². The number of benzene rings is 1. The molecule has 0 atom stereocenters.